The lowest BCUT2D eigenvalue weighted by Crippen LogP contribution is -2.13. The van der Waals surface area contributed by atoms with Crippen molar-refractivity contribution in [1.29, 1.82) is 0 Å². The van der Waals surface area contributed by atoms with Crippen LogP contribution in [0.15, 0.2) is 41.6 Å². The Morgan fingerprint density at radius 1 is 1.11 bits per heavy atom. The fraction of sp³-hybridized carbons (Fsp3) is 0. The maximum absolute atomic E-state index is 12.0. The number of nitrogen functional groups attached to an aromatic ring is 1. The number of nitrogens with zero attached hydrogens (tertiary/aromatic N) is 2. The van der Waals surface area contributed by atoms with Crippen molar-refractivity contribution in [3.8, 4) is 0 Å². The maximum atomic E-state index is 12.0. The first-order valence-corrected chi connectivity index (χ1v) is 6.69. The largest absolute Gasteiger partial charge is 0.399 e. The zero-order valence-electron chi connectivity index (χ0n) is 9.04. The van der Waals surface area contributed by atoms with Crippen molar-refractivity contribution in [2.45, 2.75) is 4.90 Å². The zero-order valence-corrected chi connectivity index (χ0v) is 10.6. The van der Waals surface area contributed by atoms with Crippen LogP contribution in [0, 0.1) is 0 Å². The number of benzene rings is 1. The second-order valence-corrected chi connectivity index (χ2v) is 5.44. The standard InChI is InChI=1S/C10H9ClN4O2S/c11-10-13-5-8(6-14-10)15-18(16,17)9-3-1-7(12)2-4-9/h1-6,15H,12H2. The summed E-state index contributed by atoms with van der Waals surface area (Å²) in [5.41, 5.74) is 6.21. The first-order chi connectivity index (χ1) is 8.47. The Morgan fingerprint density at radius 3 is 2.22 bits per heavy atom. The van der Waals surface area contributed by atoms with E-state index in [1.807, 2.05) is 0 Å². The van der Waals surface area contributed by atoms with Crippen molar-refractivity contribution in [2.24, 2.45) is 0 Å². The predicted molar refractivity (Wildman–Crippen MR) is 68.7 cm³/mol. The summed E-state index contributed by atoms with van der Waals surface area (Å²) in [4.78, 5) is 7.46. The molecule has 0 bridgehead atoms. The van der Waals surface area contributed by atoms with Crippen LogP contribution in [-0.4, -0.2) is 18.4 Å². The van der Waals surface area contributed by atoms with Crippen molar-refractivity contribution in [3.63, 3.8) is 0 Å². The van der Waals surface area contributed by atoms with Crippen LogP contribution in [0.5, 0.6) is 0 Å². The number of hydrogen-bond acceptors (Lipinski definition) is 5. The molecule has 6 nitrogen and oxygen atoms in total. The maximum Gasteiger partial charge on any atom is 0.261 e. The predicted octanol–water partition coefficient (Wildman–Crippen LogP) is 1.51. The smallest absolute Gasteiger partial charge is 0.261 e. The van der Waals surface area contributed by atoms with Crippen molar-refractivity contribution in [1.82, 2.24) is 9.97 Å². The Morgan fingerprint density at radius 2 is 1.67 bits per heavy atom. The van der Waals surface area contributed by atoms with E-state index < -0.39 is 10.0 Å². The quantitative estimate of drug-likeness (QED) is 0.658. The van der Waals surface area contributed by atoms with E-state index in [1.54, 1.807) is 0 Å². The van der Waals surface area contributed by atoms with Crippen LogP contribution in [0.2, 0.25) is 5.28 Å². The summed E-state index contributed by atoms with van der Waals surface area (Å²) >= 11 is 5.50. The van der Waals surface area contributed by atoms with Crippen LogP contribution in [0.1, 0.15) is 0 Å². The number of nitrogens with one attached hydrogen (secondary N) is 1. The van der Waals surface area contributed by atoms with Gasteiger partial charge in [0.05, 0.1) is 23.0 Å². The van der Waals surface area contributed by atoms with Crippen LogP contribution < -0.4 is 10.5 Å². The molecule has 0 aliphatic heterocycles. The van der Waals surface area contributed by atoms with Gasteiger partial charge in [0.2, 0.25) is 5.28 Å². The number of nitrogens with two attached hydrogens (primary N) is 1. The number of sulfonamides is 1. The first kappa shape index (κ1) is 12.6. The summed E-state index contributed by atoms with van der Waals surface area (Å²) in [7, 11) is -3.67. The van der Waals surface area contributed by atoms with E-state index in [2.05, 4.69) is 14.7 Å². The van der Waals surface area contributed by atoms with Crippen LogP contribution >= 0.6 is 11.6 Å². The molecule has 0 radical (unpaired) electrons. The fourth-order valence-electron chi connectivity index (χ4n) is 1.23. The second-order valence-electron chi connectivity index (χ2n) is 3.42. The molecule has 2 aromatic rings. The van der Waals surface area contributed by atoms with E-state index in [9.17, 15) is 8.42 Å². The number of hydrogen-bond donors (Lipinski definition) is 2. The van der Waals surface area contributed by atoms with Gasteiger partial charge < -0.3 is 5.73 Å². The minimum atomic E-state index is -3.67. The van der Waals surface area contributed by atoms with E-state index in [4.69, 9.17) is 17.3 Å². The SMILES string of the molecule is Nc1ccc(S(=O)(=O)Nc2cnc(Cl)nc2)cc1. The molecule has 0 unspecified atom stereocenters. The van der Waals surface area contributed by atoms with Crippen LogP contribution in [-0.2, 0) is 10.0 Å². The lowest BCUT2D eigenvalue weighted by atomic mass is 10.3. The molecule has 2 rings (SSSR count). The molecule has 0 atom stereocenters. The molecule has 0 spiro atoms. The molecule has 8 heteroatoms. The van der Waals surface area contributed by atoms with Crippen molar-refractivity contribution in [2.75, 3.05) is 10.5 Å². The minimum absolute atomic E-state index is 0.0467. The molecule has 3 N–H and O–H groups in total. The molecule has 0 saturated carbocycles. The highest BCUT2D eigenvalue weighted by molar-refractivity contribution is 7.92. The molecule has 0 aliphatic rings. The molecule has 0 aliphatic carbocycles. The molecule has 1 aromatic heterocycles. The summed E-state index contributed by atoms with van der Waals surface area (Å²) in [5.74, 6) is 0. The van der Waals surface area contributed by atoms with Gasteiger partial charge in [-0.05, 0) is 35.9 Å². The van der Waals surface area contributed by atoms with E-state index >= 15 is 0 Å². The summed E-state index contributed by atoms with van der Waals surface area (Å²) in [6.45, 7) is 0. The number of aromatic nitrogens is 2. The van der Waals surface area contributed by atoms with Gasteiger partial charge in [-0.1, -0.05) is 0 Å². The number of rotatable bonds is 3. The van der Waals surface area contributed by atoms with E-state index in [0.717, 1.165) is 0 Å². The van der Waals surface area contributed by atoms with Gasteiger partial charge in [-0.3, -0.25) is 4.72 Å². The fourth-order valence-corrected chi connectivity index (χ4v) is 2.35. The summed E-state index contributed by atoms with van der Waals surface area (Å²) in [6, 6.07) is 5.84. The Hall–Kier alpha value is -1.86. The normalized spacial score (nSPS) is 11.2. The lowest BCUT2D eigenvalue weighted by molar-refractivity contribution is 0.601. The molecule has 94 valence electrons. The van der Waals surface area contributed by atoms with Gasteiger partial charge in [0.1, 0.15) is 0 Å². The number of halogens is 1. The molecule has 0 amide bonds. The first-order valence-electron chi connectivity index (χ1n) is 4.83. The highest BCUT2D eigenvalue weighted by atomic mass is 35.5. The molecule has 18 heavy (non-hydrogen) atoms. The van der Waals surface area contributed by atoms with Gasteiger partial charge in [-0.15, -0.1) is 0 Å². The van der Waals surface area contributed by atoms with Crippen LogP contribution in [0.4, 0.5) is 11.4 Å². The average molecular weight is 285 g/mol. The Balaban J connectivity index is 2.27. The Labute approximate surface area is 109 Å². The van der Waals surface area contributed by atoms with Gasteiger partial charge in [-0.2, -0.15) is 0 Å². The molecule has 0 fully saturated rings. The zero-order chi connectivity index (χ0) is 13.2. The van der Waals surface area contributed by atoms with Gasteiger partial charge >= 0.3 is 0 Å². The van der Waals surface area contributed by atoms with Gasteiger partial charge in [-0.25, -0.2) is 18.4 Å². The highest BCUT2D eigenvalue weighted by Crippen LogP contribution is 2.16. The third kappa shape index (κ3) is 2.88. The number of anilines is 2. The third-order valence-electron chi connectivity index (χ3n) is 2.06. The van der Waals surface area contributed by atoms with E-state index in [1.165, 1.54) is 36.7 Å². The molecular weight excluding hydrogens is 276 g/mol. The van der Waals surface area contributed by atoms with Crippen molar-refractivity contribution >= 4 is 33.0 Å². The molecular formula is C10H9ClN4O2S. The monoisotopic (exact) mass is 284 g/mol. The topological polar surface area (TPSA) is 98.0 Å². The van der Waals surface area contributed by atoms with Crippen LogP contribution in [0.3, 0.4) is 0 Å². The summed E-state index contributed by atoms with van der Waals surface area (Å²) in [5, 5.41) is 0.0467. The minimum Gasteiger partial charge on any atom is -0.399 e. The van der Waals surface area contributed by atoms with Gasteiger partial charge in [0.15, 0.2) is 0 Å². The van der Waals surface area contributed by atoms with E-state index in [-0.39, 0.29) is 15.9 Å². The van der Waals surface area contributed by atoms with Crippen molar-refractivity contribution < 1.29 is 8.42 Å². The van der Waals surface area contributed by atoms with Crippen LogP contribution in [0.25, 0.3) is 0 Å². The molecule has 0 saturated heterocycles. The Bertz CT molecular complexity index is 641. The molecule has 1 heterocycles. The summed E-state index contributed by atoms with van der Waals surface area (Å²) in [6.07, 6.45) is 2.56. The van der Waals surface area contributed by atoms with E-state index in [0.29, 0.717) is 5.69 Å². The average Bonchev–Trinajstić information content (AvgIpc) is 2.32. The molecule has 1 aromatic carbocycles. The Kier molecular flexibility index (Phi) is 3.35. The lowest BCUT2D eigenvalue weighted by Gasteiger charge is -2.07. The van der Waals surface area contributed by atoms with Gasteiger partial charge in [0.25, 0.3) is 10.0 Å². The third-order valence-corrected chi connectivity index (χ3v) is 3.66. The van der Waals surface area contributed by atoms with Crippen molar-refractivity contribution in [3.05, 3.63) is 41.9 Å². The van der Waals surface area contributed by atoms with Gasteiger partial charge in [0, 0.05) is 5.69 Å². The second kappa shape index (κ2) is 4.79. The summed E-state index contributed by atoms with van der Waals surface area (Å²) < 4.78 is 26.2. The highest BCUT2D eigenvalue weighted by Gasteiger charge is 2.14.